The van der Waals surface area contributed by atoms with Crippen LogP contribution < -0.4 is 0 Å². The first-order chi connectivity index (χ1) is 3.10. The van der Waals surface area contributed by atoms with Crippen LogP contribution in [0.2, 0.25) is 11.3 Å². The van der Waals surface area contributed by atoms with Crippen LogP contribution in [0.15, 0.2) is 0 Å². The predicted octanol–water partition coefficient (Wildman–Crippen LogP) is 2.55. The van der Waals surface area contributed by atoms with E-state index in [2.05, 4.69) is 65.4 Å². The van der Waals surface area contributed by atoms with E-state index in [1.165, 1.54) is 0 Å². The minimum Gasteiger partial charge on any atom is -0.124 e. The molecule has 0 spiro atoms. The molecule has 0 aromatic rings. The highest BCUT2D eigenvalue weighted by molar-refractivity contribution is 14.3. The zero-order valence-electron chi connectivity index (χ0n) is 3.63. The Bertz CT molecular complexity index is 75.0. The lowest BCUT2D eigenvalue weighted by atomic mass is 11.8. The van der Waals surface area contributed by atoms with Crippen LogP contribution in [0, 0.1) is 0 Å². The molecule has 1 saturated heterocycles. The summed E-state index contributed by atoms with van der Waals surface area (Å²) < 4.78 is -0.519. The lowest BCUT2D eigenvalue weighted by Crippen LogP contribution is -2.39. The molecule has 1 heterocycles. The minimum atomic E-state index is -0.519. The fourth-order valence-corrected chi connectivity index (χ4v) is 68.3. The van der Waals surface area contributed by atoms with E-state index in [-0.39, 0.29) is 6.29 Å². The predicted molar refractivity (Wildman–Crippen MR) is 64.6 cm³/mol. The van der Waals surface area contributed by atoms with Gasteiger partial charge in [0.2, 0.25) is 0 Å². The zero-order valence-corrected chi connectivity index (χ0v) is 12.3. The molecule has 1 fully saturated rings. The first-order valence-corrected chi connectivity index (χ1v) is 16.6. The maximum atomic E-state index is 2.70. The Morgan fingerprint density at radius 3 is 1.71 bits per heavy atom. The molecule has 7 heavy (non-hydrogen) atoms. The number of halogens is 3. The van der Waals surface area contributed by atoms with Crippen LogP contribution in [-0.2, 0) is 0 Å². The quantitative estimate of drug-likeness (QED) is 0.293. The molecule has 1 rings (SSSR count). The number of hydrogen-bond donors (Lipinski definition) is 0. The highest BCUT2D eigenvalue weighted by Gasteiger charge is 2.41. The van der Waals surface area contributed by atoms with Crippen LogP contribution in [0.5, 0.6) is 0 Å². The Kier molecular flexibility index (Phi) is 2.98. The summed E-state index contributed by atoms with van der Waals surface area (Å²) in [4.78, 5) is 0. The van der Waals surface area contributed by atoms with Gasteiger partial charge in [-0.25, -0.2) is 0 Å². The number of hydrogen-bond acceptors (Lipinski definition) is 0. The van der Waals surface area contributed by atoms with Crippen LogP contribution in [0.25, 0.3) is 0 Å². The topological polar surface area (TPSA) is 0 Å². The Morgan fingerprint density at radius 1 is 1.29 bits per heavy atom. The zero-order chi connectivity index (χ0) is 5.49. The van der Waals surface area contributed by atoms with E-state index in [1.54, 1.807) is 11.3 Å². The molecule has 0 aromatic carbocycles. The van der Waals surface area contributed by atoms with Crippen molar-refractivity contribution in [2.45, 2.75) is 11.3 Å². The van der Waals surface area contributed by atoms with E-state index in [1.807, 2.05) is 0 Å². The van der Waals surface area contributed by atoms with Gasteiger partial charge in [0.05, 0.1) is 0 Å². The Hall–Kier alpha value is 2.62. The standard InChI is InChI=1S/C2H5I3Si2/c3-6-1-7(4,5)2-6/h6H,1-2H2. The van der Waals surface area contributed by atoms with Gasteiger partial charge in [0.1, 0.15) is 6.29 Å². The van der Waals surface area contributed by atoms with Gasteiger partial charge in [-0.3, -0.25) is 0 Å². The van der Waals surface area contributed by atoms with E-state index in [0.29, 0.717) is 0 Å². The summed E-state index contributed by atoms with van der Waals surface area (Å²) in [5.41, 5.74) is 3.35. The lowest BCUT2D eigenvalue weighted by molar-refractivity contribution is 1.68. The lowest BCUT2D eigenvalue weighted by Gasteiger charge is -2.31. The summed E-state index contributed by atoms with van der Waals surface area (Å²) in [6.45, 7) is 0. The molecule has 5 heteroatoms. The monoisotopic (exact) mass is 466 g/mol. The van der Waals surface area contributed by atoms with Crippen molar-refractivity contribution in [3.05, 3.63) is 0 Å². The molecule has 0 bridgehead atoms. The van der Waals surface area contributed by atoms with Gasteiger partial charge in [0.25, 0.3) is 0 Å². The summed E-state index contributed by atoms with van der Waals surface area (Å²) in [6.07, 6.45) is -0.0774. The van der Waals surface area contributed by atoms with Crippen LogP contribution in [0.4, 0.5) is 0 Å². The molecule has 42 valence electrons. The van der Waals surface area contributed by atoms with E-state index < -0.39 is 3.07 Å². The van der Waals surface area contributed by atoms with E-state index >= 15 is 0 Å². The van der Waals surface area contributed by atoms with Crippen LogP contribution in [-0.4, -0.2) is 9.36 Å². The van der Waals surface area contributed by atoms with Gasteiger partial charge >= 0.3 is 0 Å². The Balaban J connectivity index is 2.29. The maximum absolute atomic E-state index is 2.70. The molecule has 0 unspecified atom stereocenters. The van der Waals surface area contributed by atoms with Crippen molar-refractivity contribution in [1.29, 1.82) is 0 Å². The van der Waals surface area contributed by atoms with Crippen molar-refractivity contribution in [1.82, 2.24) is 0 Å². The second-order valence-electron chi connectivity index (χ2n) is 1.86. The van der Waals surface area contributed by atoms with Crippen molar-refractivity contribution >= 4 is 74.8 Å². The maximum Gasteiger partial charge on any atom is 0.188 e. The largest absolute Gasteiger partial charge is 0.188 e. The minimum absolute atomic E-state index is 0.0774. The average Bonchev–Trinajstić information content (AvgIpc) is 1.27. The van der Waals surface area contributed by atoms with Gasteiger partial charge in [-0.05, 0) is 11.3 Å². The van der Waals surface area contributed by atoms with Crippen molar-refractivity contribution in [2.24, 2.45) is 0 Å². The molecule has 0 aliphatic carbocycles. The second-order valence-corrected chi connectivity index (χ2v) is 31.9. The van der Waals surface area contributed by atoms with Gasteiger partial charge in [-0.1, -0.05) is 0 Å². The molecule has 0 saturated carbocycles. The molecule has 1 aliphatic heterocycles. The smallest absolute Gasteiger partial charge is 0.124 e. The Morgan fingerprint density at radius 2 is 1.71 bits per heavy atom. The van der Waals surface area contributed by atoms with Gasteiger partial charge < -0.3 is 0 Å². The molecule has 0 radical (unpaired) electrons. The third-order valence-electron chi connectivity index (χ3n) is 1.04. The number of rotatable bonds is 0. The van der Waals surface area contributed by atoms with Crippen LogP contribution in [0.1, 0.15) is 0 Å². The molecule has 0 aromatic heterocycles. The fraction of sp³-hybridized carbons (Fsp3) is 1.00. The first-order valence-electron chi connectivity index (χ1n) is 2.12. The second kappa shape index (κ2) is 2.70. The Labute approximate surface area is 84.5 Å². The van der Waals surface area contributed by atoms with Gasteiger partial charge in [-0.2, -0.15) is 0 Å². The SMILES string of the molecule is I[SiH]1C[Si](I)(I)C1. The normalized spacial score (nSPS) is 29.6. The third kappa shape index (κ3) is 2.37. The molecule has 1 aliphatic rings. The molecule has 0 nitrogen and oxygen atoms in total. The fourth-order valence-electron chi connectivity index (χ4n) is 0.588. The summed E-state index contributed by atoms with van der Waals surface area (Å²) in [5, 5.41) is 0. The molecular formula is C2H5I3Si2. The molecular weight excluding hydrogens is 461 g/mol. The van der Waals surface area contributed by atoms with Crippen molar-refractivity contribution in [3.8, 4) is 0 Å². The van der Waals surface area contributed by atoms with Crippen molar-refractivity contribution < 1.29 is 0 Å². The molecule has 0 atom stereocenters. The highest BCUT2D eigenvalue weighted by Crippen LogP contribution is 2.44. The van der Waals surface area contributed by atoms with E-state index in [0.717, 1.165) is 0 Å². The van der Waals surface area contributed by atoms with Crippen LogP contribution >= 0.6 is 65.4 Å². The third-order valence-corrected chi connectivity index (χ3v) is 33.1. The van der Waals surface area contributed by atoms with Crippen molar-refractivity contribution in [2.75, 3.05) is 0 Å². The van der Waals surface area contributed by atoms with Crippen molar-refractivity contribution in [3.63, 3.8) is 0 Å². The van der Waals surface area contributed by atoms with Crippen LogP contribution in [0.3, 0.4) is 0 Å². The highest BCUT2D eigenvalue weighted by atomic mass is 127. The molecule has 0 N–H and O–H groups in total. The van der Waals surface area contributed by atoms with Gasteiger partial charge in [-0.15, -0.1) is 65.4 Å². The van der Waals surface area contributed by atoms with Gasteiger partial charge in [0.15, 0.2) is 3.07 Å². The molecule has 0 amide bonds. The summed E-state index contributed by atoms with van der Waals surface area (Å²) >= 11 is 8.08. The summed E-state index contributed by atoms with van der Waals surface area (Å²) in [7, 11) is 0. The summed E-state index contributed by atoms with van der Waals surface area (Å²) in [6, 6.07) is 0. The van der Waals surface area contributed by atoms with Gasteiger partial charge in [0, 0.05) is 0 Å². The average molecular weight is 466 g/mol. The summed E-state index contributed by atoms with van der Waals surface area (Å²) in [5.74, 6) is 0. The first kappa shape index (κ1) is 7.73. The van der Waals surface area contributed by atoms with E-state index in [4.69, 9.17) is 0 Å². The van der Waals surface area contributed by atoms with E-state index in [9.17, 15) is 0 Å².